The van der Waals surface area contributed by atoms with Crippen molar-refractivity contribution in [2.45, 2.75) is 0 Å². The lowest BCUT2D eigenvalue weighted by atomic mass is 9.99. The van der Waals surface area contributed by atoms with Crippen LogP contribution in [0, 0.1) is 11.3 Å². The van der Waals surface area contributed by atoms with Crippen molar-refractivity contribution in [3.63, 3.8) is 0 Å². The average molecular weight is 600 g/mol. The Kier molecular flexibility index (Phi) is 5.32. The summed E-state index contributed by atoms with van der Waals surface area (Å²) in [5.74, 6) is 0. The smallest absolute Gasteiger partial charge is 0.160 e. The molecule has 0 aliphatic heterocycles. The molecule has 3 aromatic heterocycles. The van der Waals surface area contributed by atoms with Crippen molar-refractivity contribution in [3.8, 4) is 28.6 Å². The Morgan fingerprint density at radius 2 is 1.02 bits per heavy atom. The van der Waals surface area contributed by atoms with Crippen LogP contribution < -0.4 is 0 Å². The van der Waals surface area contributed by atoms with Gasteiger partial charge in [0.15, 0.2) is 5.58 Å². The number of hydrogen-bond acceptors (Lipinski definition) is 2. The predicted octanol–water partition coefficient (Wildman–Crippen LogP) is 11.3. The molecule has 0 fully saturated rings. The molecular weight excluding hydrogens is 574 g/mol. The average Bonchev–Trinajstić information content (AvgIpc) is 3.79. The van der Waals surface area contributed by atoms with E-state index in [1.165, 1.54) is 16.2 Å². The maximum atomic E-state index is 10.4. The second kappa shape index (κ2) is 9.71. The maximum Gasteiger partial charge on any atom is 0.160 e. The van der Waals surface area contributed by atoms with Crippen LogP contribution in [-0.2, 0) is 0 Å². The van der Waals surface area contributed by atoms with E-state index >= 15 is 0 Å². The van der Waals surface area contributed by atoms with Crippen LogP contribution in [0.15, 0.2) is 156 Å². The van der Waals surface area contributed by atoms with Crippen LogP contribution in [0.5, 0.6) is 0 Å². The van der Waals surface area contributed by atoms with E-state index in [0.717, 1.165) is 71.9 Å². The lowest BCUT2D eigenvalue weighted by molar-refractivity contribution is 0.671. The van der Waals surface area contributed by atoms with E-state index in [1.807, 2.05) is 18.2 Å². The molecule has 0 aliphatic carbocycles. The number of rotatable bonds is 3. The first-order valence-corrected chi connectivity index (χ1v) is 15.8. The molecule has 4 nitrogen and oxygen atoms in total. The molecule has 0 bridgehead atoms. The molecule has 3 heterocycles. The van der Waals surface area contributed by atoms with E-state index in [2.05, 4.69) is 149 Å². The van der Waals surface area contributed by atoms with Gasteiger partial charge in [0.05, 0.1) is 33.7 Å². The second-order valence-electron chi connectivity index (χ2n) is 12.0. The Hall–Kier alpha value is -6.57. The molecule has 47 heavy (non-hydrogen) atoms. The van der Waals surface area contributed by atoms with Crippen LogP contribution in [-0.4, -0.2) is 9.13 Å². The Balaban J connectivity index is 1.13. The topological polar surface area (TPSA) is 46.8 Å². The second-order valence-corrected chi connectivity index (χ2v) is 12.0. The minimum Gasteiger partial charge on any atom is -0.454 e. The van der Waals surface area contributed by atoms with Gasteiger partial charge in [-0.3, -0.25) is 0 Å². The lowest BCUT2D eigenvalue weighted by Gasteiger charge is -2.12. The SMILES string of the molecule is N#Cc1cc(-n2c3ccccc3c3ccccc32)ccc1-c1ccc(-n2c3ccccc3c3ccc4c5ccccc5oc4c32)cc1. The van der Waals surface area contributed by atoms with Gasteiger partial charge in [-0.25, -0.2) is 0 Å². The zero-order valence-corrected chi connectivity index (χ0v) is 25.2. The summed E-state index contributed by atoms with van der Waals surface area (Å²) >= 11 is 0. The summed E-state index contributed by atoms with van der Waals surface area (Å²) in [5, 5.41) is 17.3. The van der Waals surface area contributed by atoms with Crippen LogP contribution in [0.2, 0.25) is 0 Å². The predicted molar refractivity (Wildman–Crippen MR) is 193 cm³/mol. The molecule has 0 N–H and O–H groups in total. The Bertz CT molecular complexity index is 2860. The standard InChI is InChI=1S/C43H25N3O/c44-26-28-25-30(45-38-13-5-1-9-32(38)33-10-2-6-14-39(33)45)21-22-31(28)27-17-19-29(20-18-27)46-40-15-7-3-11-34(40)36-23-24-37-35-12-4-8-16-41(35)47-43(37)42(36)46/h1-25H. The number of furan rings is 1. The summed E-state index contributed by atoms with van der Waals surface area (Å²) in [7, 11) is 0. The van der Waals surface area contributed by atoms with Gasteiger partial charge < -0.3 is 13.6 Å². The zero-order valence-electron chi connectivity index (χ0n) is 25.2. The van der Waals surface area contributed by atoms with Gasteiger partial charge in [0.2, 0.25) is 0 Å². The van der Waals surface area contributed by atoms with Crippen molar-refractivity contribution in [1.82, 2.24) is 9.13 Å². The zero-order chi connectivity index (χ0) is 31.1. The van der Waals surface area contributed by atoms with E-state index in [0.29, 0.717) is 5.56 Å². The number of aromatic nitrogens is 2. The van der Waals surface area contributed by atoms with Crippen molar-refractivity contribution >= 4 is 65.6 Å². The van der Waals surface area contributed by atoms with E-state index < -0.39 is 0 Å². The highest BCUT2D eigenvalue weighted by Gasteiger charge is 2.19. The first-order chi connectivity index (χ1) is 23.3. The molecule has 7 aromatic carbocycles. The molecule has 0 amide bonds. The Labute approximate surface area is 269 Å². The number of benzene rings is 7. The minimum atomic E-state index is 0.637. The third kappa shape index (κ3) is 3.63. The van der Waals surface area contributed by atoms with Gasteiger partial charge in [-0.15, -0.1) is 0 Å². The first kappa shape index (κ1) is 25.7. The molecule has 218 valence electrons. The van der Waals surface area contributed by atoms with Crippen molar-refractivity contribution in [2.75, 3.05) is 0 Å². The number of nitrogens with zero attached hydrogens (tertiary/aromatic N) is 3. The van der Waals surface area contributed by atoms with Crippen LogP contribution in [0.25, 0.3) is 88.1 Å². The molecule has 10 aromatic rings. The third-order valence-corrected chi connectivity index (χ3v) is 9.58. The van der Waals surface area contributed by atoms with Gasteiger partial charge in [0.1, 0.15) is 5.58 Å². The van der Waals surface area contributed by atoms with Gasteiger partial charge >= 0.3 is 0 Å². The van der Waals surface area contributed by atoms with Gasteiger partial charge in [-0.2, -0.15) is 5.26 Å². The number of nitriles is 1. The maximum absolute atomic E-state index is 10.4. The molecule has 0 spiro atoms. The van der Waals surface area contributed by atoms with Crippen LogP contribution >= 0.6 is 0 Å². The van der Waals surface area contributed by atoms with E-state index in [1.54, 1.807) is 0 Å². The van der Waals surface area contributed by atoms with Gasteiger partial charge in [0, 0.05) is 43.7 Å². The van der Waals surface area contributed by atoms with Crippen molar-refractivity contribution in [3.05, 3.63) is 157 Å². The molecule has 0 unspecified atom stereocenters. The van der Waals surface area contributed by atoms with Gasteiger partial charge in [0.25, 0.3) is 0 Å². The first-order valence-electron chi connectivity index (χ1n) is 15.8. The fourth-order valence-corrected chi connectivity index (χ4v) is 7.51. The normalized spacial score (nSPS) is 11.8. The van der Waals surface area contributed by atoms with Crippen LogP contribution in [0.3, 0.4) is 0 Å². The van der Waals surface area contributed by atoms with Gasteiger partial charge in [-0.05, 0) is 65.7 Å². The van der Waals surface area contributed by atoms with Crippen molar-refractivity contribution < 1.29 is 4.42 Å². The fourth-order valence-electron chi connectivity index (χ4n) is 7.51. The van der Waals surface area contributed by atoms with E-state index in [9.17, 15) is 5.26 Å². The highest BCUT2D eigenvalue weighted by Crippen LogP contribution is 2.41. The molecular formula is C43H25N3O. The lowest BCUT2D eigenvalue weighted by Crippen LogP contribution is -1.97. The fraction of sp³-hybridized carbons (Fsp3) is 0. The molecule has 0 aliphatic rings. The van der Waals surface area contributed by atoms with Gasteiger partial charge in [-0.1, -0.05) is 97.1 Å². The summed E-state index contributed by atoms with van der Waals surface area (Å²) in [6, 6.07) is 55.2. The van der Waals surface area contributed by atoms with Crippen molar-refractivity contribution in [2.24, 2.45) is 0 Å². The van der Waals surface area contributed by atoms with Crippen LogP contribution in [0.4, 0.5) is 0 Å². The Morgan fingerprint density at radius 1 is 0.468 bits per heavy atom. The highest BCUT2D eigenvalue weighted by atomic mass is 16.3. The number of para-hydroxylation sites is 4. The summed E-state index contributed by atoms with van der Waals surface area (Å²) in [4.78, 5) is 0. The molecule has 10 rings (SSSR count). The van der Waals surface area contributed by atoms with Crippen molar-refractivity contribution in [1.29, 1.82) is 5.26 Å². The summed E-state index contributed by atoms with van der Waals surface area (Å²) in [5.41, 5.74) is 10.7. The third-order valence-electron chi connectivity index (χ3n) is 9.58. The number of hydrogen-bond donors (Lipinski definition) is 0. The minimum absolute atomic E-state index is 0.637. The largest absolute Gasteiger partial charge is 0.454 e. The summed E-state index contributed by atoms with van der Waals surface area (Å²) in [6.45, 7) is 0. The molecule has 0 saturated carbocycles. The molecule has 4 heteroatoms. The monoisotopic (exact) mass is 599 g/mol. The summed E-state index contributed by atoms with van der Waals surface area (Å²) < 4.78 is 11.1. The molecule has 0 atom stereocenters. The summed E-state index contributed by atoms with van der Waals surface area (Å²) in [6.07, 6.45) is 0. The molecule has 0 saturated heterocycles. The van der Waals surface area contributed by atoms with Crippen LogP contribution in [0.1, 0.15) is 5.56 Å². The Morgan fingerprint density at radius 3 is 1.70 bits per heavy atom. The van der Waals surface area contributed by atoms with E-state index in [-0.39, 0.29) is 0 Å². The molecule has 0 radical (unpaired) electrons. The van der Waals surface area contributed by atoms with E-state index in [4.69, 9.17) is 4.42 Å². The quantitative estimate of drug-likeness (QED) is 0.203. The number of fused-ring (bicyclic) bond motifs is 10. The highest BCUT2D eigenvalue weighted by molar-refractivity contribution is 6.21.